The summed E-state index contributed by atoms with van der Waals surface area (Å²) in [5.74, 6) is 6.27. The van der Waals surface area contributed by atoms with Crippen molar-refractivity contribution < 1.29 is 9.47 Å². The van der Waals surface area contributed by atoms with E-state index in [2.05, 4.69) is 25.7 Å². The smallest absolute Gasteiger partial charge is 0.322 e. The van der Waals surface area contributed by atoms with Crippen LogP contribution in [0.1, 0.15) is 0 Å². The van der Waals surface area contributed by atoms with Crippen LogP contribution in [0.2, 0.25) is 5.02 Å². The van der Waals surface area contributed by atoms with E-state index < -0.39 is 0 Å². The van der Waals surface area contributed by atoms with Gasteiger partial charge in [-0.05, 0) is 12.1 Å². The summed E-state index contributed by atoms with van der Waals surface area (Å²) in [6.07, 6.45) is 0. The molecule has 0 fully saturated rings. The largest absolute Gasteiger partial charge is 0.495 e. The molecule has 20 heavy (non-hydrogen) atoms. The molecule has 0 amide bonds. The molecule has 1 aromatic heterocycles. The molecule has 1 heterocycles. The number of ether oxygens (including phenoxy) is 2. The molecule has 0 atom stereocenters. The molecule has 9 heteroatoms. The molecule has 0 bridgehead atoms. The highest BCUT2D eigenvalue weighted by Crippen LogP contribution is 2.28. The third-order valence-electron chi connectivity index (χ3n) is 2.33. The average Bonchev–Trinajstić information content (AvgIpc) is 2.48. The third kappa shape index (κ3) is 3.16. The molecule has 0 aliphatic carbocycles. The number of hydrazine groups is 1. The zero-order valence-corrected chi connectivity index (χ0v) is 11.6. The third-order valence-corrected chi connectivity index (χ3v) is 2.65. The summed E-state index contributed by atoms with van der Waals surface area (Å²) in [6, 6.07) is 5.31. The highest BCUT2D eigenvalue weighted by Gasteiger charge is 2.08. The number of halogens is 1. The zero-order valence-electron chi connectivity index (χ0n) is 10.8. The van der Waals surface area contributed by atoms with Gasteiger partial charge in [0.25, 0.3) is 0 Å². The van der Waals surface area contributed by atoms with Gasteiger partial charge in [0, 0.05) is 11.8 Å². The molecule has 0 radical (unpaired) electrons. The van der Waals surface area contributed by atoms with Gasteiger partial charge < -0.3 is 14.8 Å². The van der Waals surface area contributed by atoms with Gasteiger partial charge >= 0.3 is 6.01 Å². The van der Waals surface area contributed by atoms with Crippen molar-refractivity contribution in [3.05, 3.63) is 23.2 Å². The van der Waals surface area contributed by atoms with E-state index in [1.165, 1.54) is 14.2 Å². The van der Waals surface area contributed by atoms with E-state index >= 15 is 0 Å². The van der Waals surface area contributed by atoms with E-state index in [0.717, 1.165) is 0 Å². The number of nitrogens with two attached hydrogens (primary N) is 1. The molecule has 0 saturated carbocycles. The summed E-state index contributed by atoms with van der Waals surface area (Å²) in [5, 5.41) is 3.49. The number of nitrogens with zero attached hydrogens (tertiary/aromatic N) is 3. The van der Waals surface area contributed by atoms with E-state index in [1.54, 1.807) is 18.2 Å². The Bertz CT molecular complexity index is 587. The molecule has 106 valence electrons. The summed E-state index contributed by atoms with van der Waals surface area (Å²) in [6.45, 7) is 0. The number of benzene rings is 1. The molecule has 0 aliphatic rings. The first-order chi connectivity index (χ1) is 9.66. The molecule has 0 aliphatic heterocycles. The van der Waals surface area contributed by atoms with Crippen LogP contribution in [0.3, 0.4) is 0 Å². The van der Waals surface area contributed by atoms with E-state index in [9.17, 15) is 0 Å². The van der Waals surface area contributed by atoms with E-state index in [-0.39, 0.29) is 17.9 Å². The van der Waals surface area contributed by atoms with Crippen LogP contribution in [0.15, 0.2) is 18.2 Å². The highest BCUT2D eigenvalue weighted by molar-refractivity contribution is 6.32. The van der Waals surface area contributed by atoms with Crippen molar-refractivity contribution in [2.75, 3.05) is 25.0 Å². The summed E-state index contributed by atoms with van der Waals surface area (Å²) in [4.78, 5) is 12.0. The molecule has 2 rings (SSSR count). The number of hydrogen-bond acceptors (Lipinski definition) is 8. The summed E-state index contributed by atoms with van der Waals surface area (Å²) in [5.41, 5.74) is 3.03. The van der Waals surface area contributed by atoms with Crippen molar-refractivity contribution in [3.8, 4) is 11.8 Å². The fraction of sp³-hybridized carbons (Fsp3) is 0.182. The molecule has 8 nitrogen and oxygen atoms in total. The molecule has 4 N–H and O–H groups in total. The SMILES string of the molecule is COc1nc(NN)nc(Nc2ccc(Cl)c(OC)c2)n1. The molecule has 0 spiro atoms. The maximum absolute atomic E-state index is 5.95. The topological polar surface area (TPSA) is 107 Å². The number of hydrogen-bond donors (Lipinski definition) is 3. The van der Waals surface area contributed by atoms with E-state index in [4.69, 9.17) is 26.9 Å². The first-order valence-corrected chi connectivity index (χ1v) is 5.91. The molecule has 0 saturated heterocycles. The Kier molecular flexibility index (Phi) is 4.38. The highest BCUT2D eigenvalue weighted by atomic mass is 35.5. The molecular weight excluding hydrogens is 284 g/mol. The minimum atomic E-state index is 0.136. The Morgan fingerprint density at radius 3 is 2.50 bits per heavy atom. The standard InChI is InChI=1S/C11H13ClN6O2/c1-19-8-5-6(3-4-7(8)12)14-9-15-10(18-13)17-11(16-9)20-2/h3-5H,13H2,1-2H3,(H2,14,15,16,17,18). The lowest BCUT2D eigenvalue weighted by Crippen LogP contribution is -2.13. The first kappa shape index (κ1) is 14.1. The summed E-state index contributed by atoms with van der Waals surface area (Å²) < 4.78 is 10.1. The van der Waals surface area contributed by atoms with Crippen molar-refractivity contribution in [3.63, 3.8) is 0 Å². The Labute approximate surface area is 120 Å². The van der Waals surface area contributed by atoms with Gasteiger partial charge in [-0.3, -0.25) is 5.43 Å². The van der Waals surface area contributed by atoms with Crippen LogP contribution in [-0.2, 0) is 0 Å². The maximum atomic E-state index is 5.95. The fourth-order valence-electron chi connectivity index (χ4n) is 1.43. The lowest BCUT2D eigenvalue weighted by molar-refractivity contribution is 0.379. The maximum Gasteiger partial charge on any atom is 0.322 e. The van der Waals surface area contributed by atoms with Gasteiger partial charge in [-0.15, -0.1) is 0 Å². The van der Waals surface area contributed by atoms with Gasteiger partial charge in [0.15, 0.2) is 0 Å². The number of nitrogen functional groups attached to an aromatic ring is 1. The van der Waals surface area contributed by atoms with Crippen LogP contribution in [0, 0.1) is 0 Å². The van der Waals surface area contributed by atoms with Crippen molar-refractivity contribution >= 4 is 29.2 Å². The predicted molar refractivity (Wildman–Crippen MR) is 75.5 cm³/mol. The molecule has 1 aromatic carbocycles. The Balaban J connectivity index is 2.29. The van der Waals surface area contributed by atoms with Gasteiger partial charge in [-0.1, -0.05) is 11.6 Å². The summed E-state index contributed by atoms with van der Waals surface area (Å²) in [7, 11) is 2.98. The van der Waals surface area contributed by atoms with Gasteiger partial charge in [0.05, 0.1) is 19.2 Å². The first-order valence-electron chi connectivity index (χ1n) is 5.53. The van der Waals surface area contributed by atoms with Gasteiger partial charge in [0.1, 0.15) is 5.75 Å². The average molecular weight is 297 g/mol. The number of rotatable bonds is 5. The van der Waals surface area contributed by atoms with Crippen molar-refractivity contribution in [1.82, 2.24) is 15.0 Å². The minimum Gasteiger partial charge on any atom is -0.495 e. The zero-order chi connectivity index (χ0) is 14.5. The minimum absolute atomic E-state index is 0.136. The van der Waals surface area contributed by atoms with Crippen LogP contribution in [0.5, 0.6) is 11.8 Å². The van der Waals surface area contributed by atoms with Crippen LogP contribution >= 0.6 is 11.6 Å². The predicted octanol–water partition coefficient (Wildman–Crippen LogP) is 1.57. The van der Waals surface area contributed by atoms with Crippen molar-refractivity contribution in [2.45, 2.75) is 0 Å². The van der Waals surface area contributed by atoms with E-state index in [0.29, 0.717) is 16.5 Å². The van der Waals surface area contributed by atoms with Crippen LogP contribution in [0.25, 0.3) is 0 Å². The number of nitrogens with one attached hydrogen (secondary N) is 2. The fourth-order valence-corrected chi connectivity index (χ4v) is 1.63. The Hall–Kier alpha value is -2.32. The summed E-state index contributed by atoms with van der Waals surface area (Å²) >= 11 is 5.95. The Morgan fingerprint density at radius 2 is 1.85 bits per heavy atom. The van der Waals surface area contributed by atoms with Gasteiger partial charge in [0.2, 0.25) is 11.9 Å². The van der Waals surface area contributed by atoms with Crippen LogP contribution < -0.4 is 26.1 Å². The second-order valence-electron chi connectivity index (χ2n) is 3.59. The number of methoxy groups -OCH3 is 2. The second-order valence-corrected chi connectivity index (χ2v) is 4.00. The van der Waals surface area contributed by atoms with E-state index in [1.807, 2.05) is 0 Å². The normalized spacial score (nSPS) is 10.0. The molecule has 2 aromatic rings. The van der Waals surface area contributed by atoms with Crippen molar-refractivity contribution in [1.29, 1.82) is 0 Å². The number of aromatic nitrogens is 3. The lowest BCUT2D eigenvalue weighted by Gasteiger charge is -2.09. The van der Waals surface area contributed by atoms with Gasteiger partial charge in [-0.25, -0.2) is 5.84 Å². The second kappa shape index (κ2) is 6.22. The Morgan fingerprint density at radius 1 is 1.10 bits per heavy atom. The molecular formula is C11H13ClN6O2. The number of anilines is 3. The van der Waals surface area contributed by atoms with Crippen LogP contribution in [-0.4, -0.2) is 29.2 Å². The van der Waals surface area contributed by atoms with Gasteiger partial charge in [-0.2, -0.15) is 15.0 Å². The van der Waals surface area contributed by atoms with Crippen molar-refractivity contribution in [2.24, 2.45) is 5.84 Å². The lowest BCUT2D eigenvalue weighted by atomic mass is 10.3. The quantitative estimate of drug-likeness (QED) is 0.564. The molecule has 0 unspecified atom stereocenters. The van der Waals surface area contributed by atoms with Crippen LogP contribution in [0.4, 0.5) is 17.6 Å². The monoisotopic (exact) mass is 296 g/mol.